The van der Waals surface area contributed by atoms with Gasteiger partial charge in [-0.15, -0.1) is 0 Å². The number of methoxy groups -OCH3 is 1. The van der Waals surface area contributed by atoms with Crippen molar-refractivity contribution in [2.75, 3.05) is 19.5 Å². The van der Waals surface area contributed by atoms with Crippen LogP contribution in [0, 0.1) is 0 Å². The highest BCUT2D eigenvalue weighted by molar-refractivity contribution is 5.97. The van der Waals surface area contributed by atoms with Crippen molar-refractivity contribution in [1.29, 1.82) is 0 Å². The molecule has 1 amide bonds. The number of nitrogens with two attached hydrogens (primary N) is 1. The van der Waals surface area contributed by atoms with Crippen LogP contribution < -0.4 is 15.8 Å². The van der Waals surface area contributed by atoms with Crippen LogP contribution in [0.5, 0.6) is 5.75 Å². The maximum atomic E-state index is 11.8. The molecule has 1 aromatic carbocycles. The minimum atomic E-state index is -0.297. The Labute approximate surface area is 94.2 Å². The Balaban J connectivity index is 2.90. The second-order valence-electron chi connectivity index (χ2n) is 3.52. The topological polar surface area (TPSA) is 84.6 Å². The largest absolute Gasteiger partial charge is 0.496 e. The van der Waals surface area contributed by atoms with E-state index >= 15 is 0 Å². The van der Waals surface area contributed by atoms with E-state index in [1.54, 1.807) is 25.1 Å². The summed E-state index contributed by atoms with van der Waals surface area (Å²) in [7, 11) is 1.47. The fourth-order valence-electron chi connectivity index (χ4n) is 1.24. The number of rotatable bonds is 4. The summed E-state index contributed by atoms with van der Waals surface area (Å²) in [5.74, 6) is 0.126. The summed E-state index contributed by atoms with van der Waals surface area (Å²) in [6.45, 7) is 1.60. The van der Waals surface area contributed by atoms with Crippen LogP contribution in [0.2, 0.25) is 0 Å². The van der Waals surface area contributed by atoms with Crippen molar-refractivity contribution < 1.29 is 14.6 Å². The molecule has 1 aromatic rings. The van der Waals surface area contributed by atoms with Gasteiger partial charge in [0.25, 0.3) is 5.91 Å². The highest BCUT2D eigenvalue weighted by atomic mass is 16.5. The molecule has 0 radical (unpaired) electrons. The summed E-state index contributed by atoms with van der Waals surface area (Å²) in [6.07, 6.45) is 0. The Bertz CT molecular complexity index is 379. The molecule has 16 heavy (non-hydrogen) atoms. The van der Waals surface area contributed by atoms with Crippen molar-refractivity contribution in [2.24, 2.45) is 0 Å². The molecule has 0 aromatic heterocycles. The molecule has 88 valence electrons. The first-order valence-electron chi connectivity index (χ1n) is 4.93. The lowest BCUT2D eigenvalue weighted by Crippen LogP contribution is -2.35. The van der Waals surface area contributed by atoms with Crippen molar-refractivity contribution >= 4 is 11.6 Å². The molecule has 1 atom stereocenters. The average Bonchev–Trinajstić information content (AvgIpc) is 2.28. The number of carbonyl (C=O) groups excluding carboxylic acids is 1. The molecule has 0 fully saturated rings. The zero-order chi connectivity index (χ0) is 12.1. The van der Waals surface area contributed by atoms with Gasteiger partial charge in [0.2, 0.25) is 0 Å². The van der Waals surface area contributed by atoms with Crippen molar-refractivity contribution in [3.63, 3.8) is 0 Å². The van der Waals surface area contributed by atoms with Gasteiger partial charge in [0.05, 0.1) is 19.3 Å². The maximum Gasteiger partial charge on any atom is 0.255 e. The molecule has 5 nitrogen and oxygen atoms in total. The molecule has 0 unspecified atom stereocenters. The lowest BCUT2D eigenvalue weighted by atomic mass is 10.1. The van der Waals surface area contributed by atoms with E-state index in [4.69, 9.17) is 15.6 Å². The first kappa shape index (κ1) is 12.3. The van der Waals surface area contributed by atoms with Gasteiger partial charge in [-0.3, -0.25) is 4.79 Å². The highest BCUT2D eigenvalue weighted by Gasteiger charge is 2.14. The average molecular weight is 224 g/mol. The maximum absolute atomic E-state index is 11.8. The third-order valence-electron chi connectivity index (χ3n) is 2.12. The molecule has 0 saturated carbocycles. The minimum Gasteiger partial charge on any atom is -0.496 e. The smallest absolute Gasteiger partial charge is 0.255 e. The van der Waals surface area contributed by atoms with Gasteiger partial charge in [-0.25, -0.2) is 0 Å². The number of nitrogen functional groups attached to an aromatic ring is 1. The number of aliphatic hydroxyl groups is 1. The number of aliphatic hydroxyl groups excluding tert-OH is 1. The fourth-order valence-corrected chi connectivity index (χ4v) is 1.24. The molecule has 0 aliphatic rings. The number of benzene rings is 1. The SMILES string of the molecule is COc1cc(N)ccc1C(=O)N[C@H](C)CO. The van der Waals surface area contributed by atoms with Gasteiger partial charge in [-0.2, -0.15) is 0 Å². The summed E-state index contributed by atoms with van der Waals surface area (Å²) >= 11 is 0. The highest BCUT2D eigenvalue weighted by Crippen LogP contribution is 2.21. The number of hydrogen-bond acceptors (Lipinski definition) is 4. The molecule has 0 aliphatic heterocycles. The fraction of sp³-hybridized carbons (Fsp3) is 0.364. The lowest BCUT2D eigenvalue weighted by Gasteiger charge is -2.13. The number of hydrogen-bond donors (Lipinski definition) is 3. The molecule has 4 N–H and O–H groups in total. The summed E-state index contributed by atoms with van der Waals surface area (Å²) < 4.78 is 5.06. The number of carbonyl (C=O) groups is 1. The Morgan fingerprint density at radius 2 is 2.31 bits per heavy atom. The number of anilines is 1. The van der Waals surface area contributed by atoms with Crippen molar-refractivity contribution in [3.05, 3.63) is 23.8 Å². The van der Waals surface area contributed by atoms with Crippen molar-refractivity contribution in [1.82, 2.24) is 5.32 Å². The van der Waals surface area contributed by atoms with Crippen LogP contribution in [0.25, 0.3) is 0 Å². The van der Waals surface area contributed by atoms with Crippen LogP contribution in [0.15, 0.2) is 18.2 Å². The number of nitrogens with one attached hydrogen (secondary N) is 1. The first-order chi connectivity index (χ1) is 7.58. The van der Waals surface area contributed by atoms with Crippen LogP contribution in [0.1, 0.15) is 17.3 Å². The summed E-state index contributed by atoms with van der Waals surface area (Å²) in [4.78, 5) is 11.8. The standard InChI is InChI=1S/C11H16N2O3/c1-7(6-14)13-11(15)9-4-3-8(12)5-10(9)16-2/h3-5,7,14H,6,12H2,1-2H3,(H,13,15)/t7-/m1/s1. The van der Waals surface area contributed by atoms with Crippen LogP contribution >= 0.6 is 0 Å². The van der Waals surface area contributed by atoms with E-state index in [0.29, 0.717) is 17.0 Å². The summed E-state index contributed by atoms with van der Waals surface area (Å²) in [6, 6.07) is 4.50. The third-order valence-corrected chi connectivity index (χ3v) is 2.12. The third kappa shape index (κ3) is 2.87. The number of amides is 1. The monoisotopic (exact) mass is 224 g/mol. The first-order valence-corrected chi connectivity index (χ1v) is 4.93. The van der Waals surface area contributed by atoms with E-state index in [1.807, 2.05) is 0 Å². The second-order valence-corrected chi connectivity index (χ2v) is 3.52. The Hall–Kier alpha value is -1.75. The van der Waals surface area contributed by atoms with Gasteiger partial charge in [0.1, 0.15) is 5.75 Å². The number of ether oxygens (including phenoxy) is 1. The van der Waals surface area contributed by atoms with Crippen LogP contribution in [-0.2, 0) is 0 Å². The van der Waals surface area contributed by atoms with Gasteiger partial charge in [0.15, 0.2) is 0 Å². The van der Waals surface area contributed by atoms with E-state index < -0.39 is 0 Å². The van der Waals surface area contributed by atoms with Crippen molar-refractivity contribution in [2.45, 2.75) is 13.0 Å². The molecule has 0 spiro atoms. The predicted octanol–water partition coefficient (Wildman–Crippen LogP) is 0.388. The summed E-state index contributed by atoms with van der Waals surface area (Å²) in [5, 5.41) is 11.5. The molecule has 0 aliphatic carbocycles. The van der Waals surface area contributed by atoms with Crippen LogP contribution in [-0.4, -0.2) is 30.8 Å². The van der Waals surface area contributed by atoms with E-state index in [1.165, 1.54) is 7.11 Å². The quantitative estimate of drug-likeness (QED) is 0.646. The van der Waals surface area contributed by atoms with Gasteiger partial charge >= 0.3 is 0 Å². The molecule has 0 saturated heterocycles. The Morgan fingerprint density at radius 1 is 1.62 bits per heavy atom. The molecular weight excluding hydrogens is 208 g/mol. The van der Waals surface area contributed by atoms with Gasteiger partial charge in [-0.1, -0.05) is 0 Å². The van der Waals surface area contributed by atoms with E-state index in [0.717, 1.165) is 0 Å². The zero-order valence-corrected chi connectivity index (χ0v) is 9.36. The van der Waals surface area contributed by atoms with Gasteiger partial charge in [-0.05, 0) is 19.1 Å². The van der Waals surface area contributed by atoms with Crippen molar-refractivity contribution in [3.8, 4) is 5.75 Å². The van der Waals surface area contributed by atoms with Crippen LogP contribution in [0.3, 0.4) is 0 Å². The minimum absolute atomic E-state index is 0.108. The van der Waals surface area contributed by atoms with Crippen LogP contribution in [0.4, 0.5) is 5.69 Å². The molecular formula is C11H16N2O3. The predicted molar refractivity (Wildman–Crippen MR) is 61.4 cm³/mol. The van der Waals surface area contributed by atoms with Gasteiger partial charge < -0.3 is 20.9 Å². The van der Waals surface area contributed by atoms with E-state index in [9.17, 15) is 4.79 Å². The van der Waals surface area contributed by atoms with E-state index in [2.05, 4.69) is 5.32 Å². The van der Waals surface area contributed by atoms with E-state index in [-0.39, 0.29) is 18.6 Å². The molecule has 1 rings (SSSR count). The molecule has 0 bridgehead atoms. The lowest BCUT2D eigenvalue weighted by molar-refractivity contribution is 0.0919. The molecule has 5 heteroatoms. The second kappa shape index (κ2) is 5.37. The molecule has 0 heterocycles. The van der Waals surface area contributed by atoms with Gasteiger partial charge in [0, 0.05) is 17.8 Å². The Morgan fingerprint density at radius 3 is 2.88 bits per heavy atom. The Kier molecular flexibility index (Phi) is 4.13. The zero-order valence-electron chi connectivity index (χ0n) is 9.36. The summed E-state index contributed by atoms with van der Waals surface area (Å²) in [5.41, 5.74) is 6.51. The normalized spacial score (nSPS) is 11.9.